The molecule has 0 unspecified atom stereocenters. The van der Waals surface area contributed by atoms with Crippen molar-refractivity contribution in [3.8, 4) is 23.3 Å². The van der Waals surface area contributed by atoms with Gasteiger partial charge in [0.25, 0.3) is 0 Å². The van der Waals surface area contributed by atoms with E-state index in [0.717, 1.165) is 0 Å². The van der Waals surface area contributed by atoms with E-state index >= 15 is 0 Å². The molecule has 0 atom stereocenters. The Balaban J connectivity index is 0.00000330. The van der Waals surface area contributed by atoms with E-state index in [2.05, 4.69) is 65.1 Å². The molecule has 328 valence electrons. The van der Waals surface area contributed by atoms with Gasteiger partial charge >= 0.3 is 66.8 Å². The van der Waals surface area contributed by atoms with E-state index in [1.807, 2.05) is 0 Å². The first-order valence-corrected chi connectivity index (χ1v) is 16.8. The van der Waals surface area contributed by atoms with Crippen molar-refractivity contribution in [2.45, 2.75) is 30.1 Å². The Morgan fingerprint density at radius 2 is 0.524 bits per heavy atom. The van der Waals surface area contributed by atoms with Gasteiger partial charge in [0, 0.05) is 0 Å². The number of pyridine rings is 4. The molecule has 8 aromatic heterocycles. The Labute approximate surface area is 373 Å². The largest absolute Gasteiger partial charge is 2.00 e. The second-order valence-corrected chi connectivity index (χ2v) is 12.5. The fraction of sp³-hybridized carbons (Fsp3) is 0.135. The number of rotatable bonds is 8. The molecule has 0 N–H and O–H groups in total. The van der Waals surface area contributed by atoms with Crippen molar-refractivity contribution in [3.05, 3.63) is 167 Å². The summed E-state index contributed by atoms with van der Waals surface area (Å²) in [6, 6.07) is 17.7. The van der Waals surface area contributed by atoms with Crippen LogP contribution < -0.4 is 0 Å². The van der Waals surface area contributed by atoms with Crippen LogP contribution >= 0.6 is 0 Å². The number of halogens is 12. The SMILES string of the molecule is FC(F)(F)c1c[c-]n(-c2cccc(C(c3cccc(-n4[c-]cc(C(F)(F)F)n4)n3)(c3cccc(-n4[c-]cc(C(F)(F)F)n4)n3)c3cccc(-n4[c-]cc(C(F)(F)F)n4)n3)n2)n1.[Pt+2].[Pt+2]. The zero-order valence-corrected chi connectivity index (χ0v) is 34.8. The number of aromatic nitrogens is 12. The van der Waals surface area contributed by atoms with Crippen LogP contribution in [0.3, 0.4) is 0 Å². The van der Waals surface area contributed by atoms with Crippen LogP contribution in [-0.4, -0.2) is 59.1 Å². The van der Waals surface area contributed by atoms with Gasteiger partial charge < -0.3 is 18.7 Å². The maximum Gasteiger partial charge on any atom is 2.00 e. The zero-order valence-electron chi connectivity index (χ0n) is 30.3. The normalized spacial score (nSPS) is 12.5. The summed E-state index contributed by atoms with van der Waals surface area (Å²) in [5.41, 5.74) is -8.51. The van der Waals surface area contributed by atoms with Crippen molar-refractivity contribution >= 4 is 0 Å². The first kappa shape index (κ1) is 46.5. The molecule has 63 heavy (non-hydrogen) atoms. The van der Waals surface area contributed by atoms with Crippen molar-refractivity contribution in [1.82, 2.24) is 59.1 Å². The molecule has 0 radical (unpaired) electrons. The number of nitrogens with zero attached hydrogens (tertiary/aromatic N) is 12. The quantitative estimate of drug-likeness (QED) is 0.112. The summed E-state index contributed by atoms with van der Waals surface area (Å²) in [5.74, 6) is -1.22. The van der Waals surface area contributed by atoms with Crippen molar-refractivity contribution < 1.29 is 94.8 Å². The summed E-state index contributed by atoms with van der Waals surface area (Å²) in [5, 5.41) is 14.1. The van der Waals surface area contributed by atoms with Gasteiger partial charge in [-0.05, 0) is 24.3 Å². The maximum absolute atomic E-state index is 13.6. The van der Waals surface area contributed by atoms with E-state index in [0.29, 0.717) is 43.0 Å². The summed E-state index contributed by atoms with van der Waals surface area (Å²) in [4.78, 5) is 18.4. The molecule has 8 aromatic rings. The summed E-state index contributed by atoms with van der Waals surface area (Å²) in [6.45, 7) is 0. The van der Waals surface area contributed by atoms with E-state index < -0.39 is 52.9 Å². The van der Waals surface area contributed by atoms with Crippen LogP contribution in [-0.2, 0) is 72.3 Å². The van der Waals surface area contributed by atoms with Crippen molar-refractivity contribution in [3.63, 3.8) is 0 Å². The summed E-state index contributed by atoms with van der Waals surface area (Å²) in [6.07, 6.45) is -10.3. The average Bonchev–Trinajstić information content (AvgIpc) is 4.05. The van der Waals surface area contributed by atoms with Crippen LogP contribution in [0.5, 0.6) is 0 Å². The first-order chi connectivity index (χ1) is 28.7. The molecule has 0 aliphatic rings. The molecule has 0 amide bonds. The number of hydrogen-bond acceptors (Lipinski definition) is 8. The Morgan fingerprint density at radius 1 is 0.317 bits per heavy atom. The molecule has 0 aliphatic carbocycles. The zero-order chi connectivity index (χ0) is 43.5. The fourth-order valence-electron chi connectivity index (χ4n) is 5.96. The van der Waals surface area contributed by atoms with Crippen LogP contribution in [0.4, 0.5) is 52.7 Å². The molecule has 0 spiro atoms. The van der Waals surface area contributed by atoms with Gasteiger partial charge in [0.2, 0.25) is 0 Å². The Hall–Kier alpha value is -6.02. The van der Waals surface area contributed by atoms with Crippen molar-refractivity contribution in [2.75, 3.05) is 0 Å². The molecule has 0 fully saturated rings. The molecule has 12 nitrogen and oxygen atoms in total. The summed E-state index contributed by atoms with van der Waals surface area (Å²) >= 11 is 0. The van der Waals surface area contributed by atoms with Gasteiger partial charge in [0.1, 0.15) is 5.41 Å². The molecule has 8 heterocycles. The summed E-state index contributed by atoms with van der Waals surface area (Å²) < 4.78 is 166. The van der Waals surface area contributed by atoms with Crippen LogP contribution in [0, 0.1) is 24.8 Å². The van der Waals surface area contributed by atoms with E-state index in [1.165, 1.54) is 72.8 Å². The number of alkyl halides is 12. The summed E-state index contributed by atoms with van der Waals surface area (Å²) in [7, 11) is 0. The monoisotopic (exact) mass is 1250 g/mol. The molecule has 0 aliphatic heterocycles. The fourth-order valence-corrected chi connectivity index (χ4v) is 5.96. The molecule has 0 saturated heterocycles. The van der Waals surface area contributed by atoms with E-state index in [9.17, 15) is 52.7 Å². The van der Waals surface area contributed by atoms with Crippen LogP contribution in [0.15, 0.2) is 97.1 Å². The van der Waals surface area contributed by atoms with E-state index in [1.54, 1.807) is 0 Å². The van der Waals surface area contributed by atoms with Gasteiger partial charge in [-0.25, -0.2) is 0 Å². The van der Waals surface area contributed by atoms with Crippen LogP contribution in [0.25, 0.3) is 23.3 Å². The second-order valence-electron chi connectivity index (χ2n) is 12.5. The third kappa shape index (κ3) is 9.09. The van der Waals surface area contributed by atoms with E-state index in [4.69, 9.17) is 0 Å². The molecular weight excluding hydrogens is 1230 g/mol. The molecule has 0 aromatic carbocycles. The minimum Gasteiger partial charge on any atom is -0.343 e. The second kappa shape index (κ2) is 16.9. The predicted octanol–water partition coefficient (Wildman–Crippen LogP) is 7.66. The minimum absolute atomic E-state index is 0. The van der Waals surface area contributed by atoms with Gasteiger partial charge in [-0.3, -0.25) is 40.3 Å². The Bertz CT molecular complexity index is 2490. The third-order valence-electron chi connectivity index (χ3n) is 8.63. The van der Waals surface area contributed by atoms with Gasteiger partial charge in [-0.1, -0.05) is 73.3 Å². The smallest absolute Gasteiger partial charge is 0.343 e. The van der Waals surface area contributed by atoms with Crippen LogP contribution in [0.2, 0.25) is 0 Å². The topological polar surface area (TPSA) is 123 Å². The Morgan fingerprint density at radius 3 is 0.698 bits per heavy atom. The standard InChI is InChI=1S/C37H16F12N12.2Pt/c38-34(39,40)25-13-17-58(54-25)29-9-1-5-21(50-29)33(22-6-2-10-30(51-22)59-18-14-26(55-59)35(41,42)43,23-7-3-11-31(52-23)60-19-15-27(56-60)36(44,45)46)24-8-4-12-32(53-24)61-20-16-28(57-61)37(47,48)49;;/h1-16H;;/q-4;2*+2. The van der Waals surface area contributed by atoms with Crippen molar-refractivity contribution in [2.24, 2.45) is 0 Å². The first-order valence-electron chi connectivity index (χ1n) is 16.8. The molecular formula is C37H16F12N12Pt2. The van der Waals surface area contributed by atoms with Gasteiger partial charge in [-0.2, -0.15) is 52.7 Å². The molecule has 8 rings (SSSR count). The molecule has 26 heteroatoms. The number of hydrogen-bond donors (Lipinski definition) is 0. The third-order valence-corrected chi connectivity index (χ3v) is 8.63. The van der Waals surface area contributed by atoms with Gasteiger partial charge in [0.15, 0.2) is 0 Å². The Kier molecular flexibility index (Phi) is 12.5. The predicted molar refractivity (Wildman–Crippen MR) is 180 cm³/mol. The van der Waals surface area contributed by atoms with Gasteiger partial charge in [0.05, 0.1) is 68.8 Å². The van der Waals surface area contributed by atoms with Crippen LogP contribution in [0.1, 0.15) is 45.6 Å². The van der Waals surface area contributed by atoms with E-state index in [-0.39, 0.29) is 88.2 Å². The average molecular weight is 1250 g/mol. The maximum atomic E-state index is 13.6. The van der Waals surface area contributed by atoms with Crippen molar-refractivity contribution in [1.29, 1.82) is 0 Å². The molecule has 0 bridgehead atoms. The minimum atomic E-state index is -4.90. The van der Waals surface area contributed by atoms with Gasteiger partial charge in [-0.15, -0.1) is 24.3 Å². The molecule has 0 saturated carbocycles.